The first-order valence-corrected chi connectivity index (χ1v) is 6.64. The summed E-state index contributed by atoms with van der Waals surface area (Å²) >= 11 is 1.63. The number of carbonyl (C=O) groups is 1. The largest absolute Gasteiger partial charge is 0.465 e. The fourth-order valence-corrected chi connectivity index (χ4v) is 3.08. The lowest BCUT2D eigenvalue weighted by Gasteiger charge is -2.35. The smallest absolute Gasteiger partial charge is 0.404 e. The average Bonchev–Trinajstić information content (AvgIpc) is 2.67. The molecule has 1 fully saturated rings. The van der Waals surface area contributed by atoms with Crippen molar-refractivity contribution in [1.82, 2.24) is 10.3 Å². The summed E-state index contributed by atoms with van der Waals surface area (Å²) in [4.78, 5) is 14.9. The van der Waals surface area contributed by atoms with Gasteiger partial charge in [0.2, 0.25) is 0 Å². The van der Waals surface area contributed by atoms with Gasteiger partial charge in [-0.05, 0) is 25.0 Å². The predicted octanol–water partition coefficient (Wildman–Crippen LogP) is 2.51. The van der Waals surface area contributed by atoms with Gasteiger partial charge >= 0.3 is 6.09 Å². The second-order valence-corrected chi connectivity index (χ2v) is 5.48. The highest BCUT2D eigenvalue weighted by molar-refractivity contribution is 7.22. The van der Waals surface area contributed by atoms with E-state index >= 15 is 0 Å². The van der Waals surface area contributed by atoms with E-state index in [-0.39, 0.29) is 6.04 Å². The molecule has 1 aromatic heterocycles. The Labute approximate surface area is 108 Å². The van der Waals surface area contributed by atoms with Crippen molar-refractivity contribution < 1.29 is 9.90 Å². The lowest BCUT2D eigenvalue weighted by Crippen LogP contribution is -2.49. The Kier molecular flexibility index (Phi) is 2.79. The van der Waals surface area contributed by atoms with Gasteiger partial charge in [-0.1, -0.05) is 23.5 Å². The number of hydrogen-bond acceptors (Lipinski definition) is 4. The summed E-state index contributed by atoms with van der Waals surface area (Å²) in [5.74, 6) is 0. The minimum absolute atomic E-state index is 0.0781. The Hall–Kier alpha value is -1.82. The van der Waals surface area contributed by atoms with Crippen molar-refractivity contribution >= 4 is 32.8 Å². The van der Waals surface area contributed by atoms with Crippen LogP contribution in [0.2, 0.25) is 0 Å². The van der Waals surface area contributed by atoms with Crippen LogP contribution in [0.25, 0.3) is 10.2 Å². The van der Waals surface area contributed by atoms with Crippen LogP contribution in [0.3, 0.4) is 0 Å². The molecule has 0 radical (unpaired) electrons. The second-order valence-electron chi connectivity index (χ2n) is 4.45. The molecule has 1 heterocycles. The number of rotatable bonds is 3. The Balaban J connectivity index is 1.59. The van der Waals surface area contributed by atoms with Crippen LogP contribution < -0.4 is 10.6 Å². The number of aromatic nitrogens is 1. The number of nitrogens with one attached hydrogen (secondary N) is 2. The number of para-hydroxylation sites is 1. The first kappa shape index (κ1) is 11.3. The molecule has 1 saturated carbocycles. The van der Waals surface area contributed by atoms with Gasteiger partial charge in [0.15, 0.2) is 5.13 Å². The van der Waals surface area contributed by atoms with Crippen LogP contribution in [0.1, 0.15) is 12.8 Å². The van der Waals surface area contributed by atoms with Gasteiger partial charge in [0, 0.05) is 12.1 Å². The summed E-state index contributed by atoms with van der Waals surface area (Å²) in [6.45, 7) is 0. The molecule has 3 rings (SSSR count). The number of carboxylic acid groups (broad SMARTS) is 1. The molecule has 0 unspecified atom stereocenters. The van der Waals surface area contributed by atoms with Crippen molar-refractivity contribution in [2.75, 3.05) is 5.32 Å². The van der Waals surface area contributed by atoms with Crippen molar-refractivity contribution in [1.29, 1.82) is 0 Å². The molecule has 0 aliphatic heterocycles. The van der Waals surface area contributed by atoms with Crippen LogP contribution >= 0.6 is 11.3 Å². The van der Waals surface area contributed by atoms with Crippen LogP contribution in [0.4, 0.5) is 9.93 Å². The van der Waals surface area contributed by atoms with Crippen LogP contribution in [-0.4, -0.2) is 28.3 Å². The van der Waals surface area contributed by atoms with E-state index in [1.807, 2.05) is 24.3 Å². The molecule has 0 spiro atoms. The van der Waals surface area contributed by atoms with E-state index in [4.69, 9.17) is 5.11 Å². The highest BCUT2D eigenvalue weighted by Gasteiger charge is 2.30. The molecule has 1 aliphatic rings. The Morgan fingerprint density at radius 1 is 1.33 bits per heavy atom. The number of amides is 1. The number of nitrogens with zero attached hydrogens (tertiary/aromatic N) is 1. The van der Waals surface area contributed by atoms with Gasteiger partial charge in [0.05, 0.1) is 10.2 Å². The zero-order valence-corrected chi connectivity index (χ0v) is 10.4. The van der Waals surface area contributed by atoms with Crippen molar-refractivity contribution in [3.8, 4) is 0 Å². The van der Waals surface area contributed by atoms with Crippen molar-refractivity contribution in [3.63, 3.8) is 0 Å². The van der Waals surface area contributed by atoms with E-state index in [0.717, 1.165) is 23.5 Å². The molecule has 18 heavy (non-hydrogen) atoms. The standard InChI is InChI=1S/C12H13N3O2S/c16-12(17)14-8-5-7(6-8)13-11-15-9-3-1-2-4-10(9)18-11/h1-4,7-8,14H,5-6H2,(H,13,15)(H,16,17). The maximum atomic E-state index is 10.4. The van der Waals surface area contributed by atoms with E-state index in [2.05, 4.69) is 15.6 Å². The van der Waals surface area contributed by atoms with Crippen LogP contribution in [0, 0.1) is 0 Å². The maximum Gasteiger partial charge on any atom is 0.404 e. The molecule has 2 aromatic rings. The number of thiazole rings is 1. The molecule has 1 amide bonds. The summed E-state index contributed by atoms with van der Waals surface area (Å²) in [5, 5.41) is 15.3. The predicted molar refractivity (Wildman–Crippen MR) is 71.2 cm³/mol. The van der Waals surface area contributed by atoms with Gasteiger partial charge in [-0.2, -0.15) is 0 Å². The zero-order chi connectivity index (χ0) is 12.5. The van der Waals surface area contributed by atoms with Gasteiger partial charge in [0.1, 0.15) is 0 Å². The van der Waals surface area contributed by atoms with E-state index in [0.29, 0.717) is 6.04 Å². The fourth-order valence-electron chi connectivity index (χ4n) is 2.14. The van der Waals surface area contributed by atoms with Crippen LogP contribution in [-0.2, 0) is 0 Å². The summed E-state index contributed by atoms with van der Waals surface area (Å²) in [7, 11) is 0. The number of fused-ring (bicyclic) bond motifs is 1. The minimum Gasteiger partial charge on any atom is -0.465 e. The normalized spacial score (nSPS) is 22.4. The summed E-state index contributed by atoms with van der Waals surface area (Å²) in [6, 6.07) is 8.42. The van der Waals surface area contributed by atoms with Crippen LogP contribution in [0.15, 0.2) is 24.3 Å². The Morgan fingerprint density at radius 2 is 2.11 bits per heavy atom. The number of benzene rings is 1. The molecule has 0 atom stereocenters. The van der Waals surface area contributed by atoms with E-state index in [9.17, 15) is 4.79 Å². The Morgan fingerprint density at radius 3 is 2.83 bits per heavy atom. The van der Waals surface area contributed by atoms with Crippen LogP contribution in [0.5, 0.6) is 0 Å². The van der Waals surface area contributed by atoms with Crippen molar-refractivity contribution in [2.24, 2.45) is 0 Å². The van der Waals surface area contributed by atoms with Gasteiger partial charge in [0.25, 0.3) is 0 Å². The number of hydrogen-bond donors (Lipinski definition) is 3. The molecule has 3 N–H and O–H groups in total. The topological polar surface area (TPSA) is 74.2 Å². The maximum absolute atomic E-state index is 10.4. The molecular formula is C12H13N3O2S. The highest BCUT2D eigenvalue weighted by atomic mass is 32.1. The van der Waals surface area contributed by atoms with Gasteiger partial charge in [-0.15, -0.1) is 0 Å². The SMILES string of the molecule is O=C(O)NC1CC(Nc2nc3ccccc3s2)C1. The third kappa shape index (κ3) is 2.24. The fraction of sp³-hybridized carbons (Fsp3) is 0.333. The van der Waals surface area contributed by atoms with Gasteiger partial charge in [-0.25, -0.2) is 9.78 Å². The van der Waals surface area contributed by atoms with E-state index in [1.165, 1.54) is 4.70 Å². The van der Waals surface area contributed by atoms with Gasteiger partial charge < -0.3 is 15.7 Å². The molecule has 5 nitrogen and oxygen atoms in total. The summed E-state index contributed by atoms with van der Waals surface area (Å²) in [5.41, 5.74) is 1.00. The monoisotopic (exact) mass is 263 g/mol. The molecule has 6 heteroatoms. The van der Waals surface area contributed by atoms with E-state index < -0.39 is 6.09 Å². The van der Waals surface area contributed by atoms with Gasteiger partial charge in [-0.3, -0.25) is 0 Å². The molecule has 94 valence electrons. The lowest BCUT2D eigenvalue weighted by atomic mass is 9.87. The lowest BCUT2D eigenvalue weighted by molar-refractivity contribution is 0.180. The molecular weight excluding hydrogens is 250 g/mol. The molecule has 1 aliphatic carbocycles. The third-order valence-corrected chi connectivity index (χ3v) is 4.05. The average molecular weight is 263 g/mol. The number of anilines is 1. The second kappa shape index (κ2) is 4.45. The quantitative estimate of drug-likeness (QED) is 0.795. The molecule has 0 bridgehead atoms. The minimum atomic E-state index is -0.946. The first-order chi connectivity index (χ1) is 8.70. The first-order valence-electron chi connectivity index (χ1n) is 5.82. The highest BCUT2D eigenvalue weighted by Crippen LogP contribution is 2.29. The van der Waals surface area contributed by atoms with E-state index in [1.54, 1.807) is 11.3 Å². The van der Waals surface area contributed by atoms with Crippen molar-refractivity contribution in [2.45, 2.75) is 24.9 Å². The van der Waals surface area contributed by atoms with Crippen molar-refractivity contribution in [3.05, 3.63) is 24.3 Å². The third-order valence-electron chi connectivity index (χ3n) is 3.09. The zero-order valence-electron chi connectivity index (χ0n) is 9.59. The Bertz CT molecular complexity index is 544. The molecule has 1 aromatic carbocycles. The summed E-state index contributed by atoms with van der Waals surface area (Å²) < 4.78 is 1.17. The molecule has 0 saturated heterocycles. The summed E-state index contributed by atoms with van der Waals surface area (Å²) in [6.07, 6.45) is 0.697.